The highest BCUT2D eigenvalue weighted by molar-refractivity contribution is 5.85. The molecule has 22 heavy (non-hydrogen) atoms. The molecule has 0 amide bonds. The Hall–Kier alpha value is -1.10. The zero-order chi connectivity index (χ0) is 15.3. The molecular weight excluding hydrogens is 284 g/mol. The summed E-state index contributed by atoms with van der Waals surface area (Å²) < 4.78 is 10.9. The van der Waals surface area contributed by atoms with Gasteiger partial charge in [-0.25, -0.2) is 0 Å². The first-order chi connectivity index (χ1) is 10.5. The smallest absolute Gasteiger partial charge is 0.312 e. The predicted octanol–water partition coefficient (Wildman–Crippen LogP) is 1.63. The second-order valence-electron chi connectivity index (χ2n) is 8.00. The summed E-state index contributed by atoms with van der Waals surface area (Å²) in [6.07, 6.45) is 5.00. The SMILES string of the molecule is CCOC(=O)[C@]12CC[C@H]3CC[C@@H]4C[C@@]5(O)OC(=O)[C@@H](C1)[C@H]5[C@]342. The van der Waals surface area contributed by atoms with Gasteiger partial charge in [-0.3, -0.25) is 9.59 Å². The molecule has 4 aliphatic carbocycles. The first-order valence-electron chi connectivity index (χ1n) is 8.62. The highest BCUT2D eigenvalue weighted by Gasteiger charge is 2.87. The number of hydrogen-bond donors (Lipinski definition) is 1. The van der Waals surface area contributed by atoms with Crippen LogP contribution in [0.15, 0.2) is 0 Å². The number of rotatable bonds is 2. The van der Waals surface area contributed by atoms with Gasteiger partial charge in [-0.1, -0.05) is 0 Å². The third-order valence-electron chi connectivity index (χ3n) is 7.72. The summed E-state index contributed by atoms with van der Waals surface area (Å²) >= 11 is 0. The summed E-state index contributed by atoms with van der Waals surface area (Å²) in [5.41, 5.74) is -0.821. The normalized spacial score (nSPS) is 56.9. The lowest BCUT2D eigenvalue weighted by atomic mass is 9.60. The molecule has 0 bridgehead atoms. The second-order valence-corrected chi connectivity index (χ2v) is 8.00. The molecule has 0 aromatic carbocycles. The van der Waals surface area contributed by atoms with Crippen molar-refractivity contribution in [1.29, 1.82) is 0 Å². The zero-order valence-electron chi connectivity index (χ0n) is 12.8. The lowest BCUT2D eigenvalue weighted by Crippen LogP contribution is -2.48. The van der Waals surface area contributed by atoms with Crippen molar-refractivity contribution in [2.24, 2.45) is 34.5 Å². The Morgan fingerprint density at radius 3 is 2.86 bits per heavy atom. The molecule has 1 aliphatic heterocycles. The van der Waals surface area contributed by atoms with Crippen LogP contribution in [-0.4, -0.2) is 29.4 Å². The summed E-state index contributed by atoms with van der Waals surface area (Å²) in [5, 5.41) is 11.0. The van der Waals surface area contributed by atoms with Crippen molar-refractivity contribution >= 4 is 11.9 Å². The van der Waals surface area contributed by atoms with Crippen LogP contribution in [0.2, 0.25) is 0 Å². The Labute approximate surface area is 129 Å². The Morgan fingerprint density at radius 2 is 2.09 bits per heavy atom. The monoisotopic (exact) mass is 306 g/mol. The minimum Gasteiger partial charge on any atom is -0.466 e. The lowest BCUT2D eigenvalue weighted by Gasteiger charge is -2.42. The van der Waals surface area contributed by atoms with Gasteiger partial charge in [-0.15, -0.1) is 0 Å². The summed E-state index contributed by atoms with van der Waals surface area (Å²) in [6.45, 7) is 2.20. The second kappa shape index (κ2) is 3.69. The van der Waals surface area contributed by atoms with Crippen LogP contribution >= 0.6 is 0 Å². The Bertz CT molecular complexity index is 588. The average Bonchev–Trinajstić information content (AvgIpc) is 3.13. The average molecular weight is 306 g/mol. The molecule has 1 heterocycles. The van der Waals surface area contributed by atoms with Gasteiger partial charge in [0.05, 0.1) is 17.9 Å². The fourth-order valence-electron chi connectivity index (χ4n) is 7.57. The number of ether oxygens (including phenoxy) is 2. The third-order valence-corrected chi connectivity index (χ3v) is 7.72. The maximum absolute atomic E-state index is 12.9. The van der Waals surface area contributed by atoms with E-state index in [1.807, 2.05) is 6.92 Å². The number of carbonyl (C=O) groups is 2. The van der Waals surface area contributed by atoms with Crippen molar-refractivity contribution in [3.05, 3.63) is 0 Å². The molecular formula is C17H22O5. The lowest BCUT2D eigenvalue weighted by molar-refractivity contribution is -0.203. The summed E-state index contributed by atoms with van der Waals surface area (Å²) in [7, 11) is 0. The van der Waals surface area contributed by atoms with Gasteiger partial charge in [0, 0.05) is 17.8 Å². The molecule has 0 aromatic heterocycles. The van der Waals surface area contributed by atoms with Gasteiger partial charge in [0.1, 0.15) is 0 Å². The standard InChI is InChI=1S/C17H22O5/c1-2-21-14(19)15-6-5-9-3-4-10-7-16(20)12(17(9,10)15)11(8-15)13(18)22-16/h9-12,20H,2-8H2,1H3/t9-,10-,11+,12-,15+,16-,17+/m1/s1. The predicted molar refractivity (Wildman–Crippen MR) is 74.2 cm³/mol. The molecule has 5 nitrogen and oxygen atoms in total. The summed E-state index contributed by atoms with van der Waals surface area (Å²) in [5.74, 6) is -1.56. The third kappa shape index (κ3) is 1.08. The van der Waals surface area contributed by atoms with Gasteiger partial charge in [0.25, 0.3) is 0 Å². The Morgan fingerprint density at radius 1 is 1.32 bits per heavy atom. The quantitative estimate of drug-likeness (QED) is 0.785. The fourth-order valence-corrected chi connectivity index (χ4v) is 7.57. The van der Waals surface area contributed by atoms with E-state index in [9.17, 15) is 14.7 Å². The van der Waals surface area contributed by atoms with Crippen molar-refractivity contribution in [2.45, 2.75) is 51.2 Å². The van der Waals surface area contributed by atoms with Gasteiger partial charge >= 0.3 is 11.9 Å². The van der Waals surface area contributed by atoms with Gasteiger partial charge in [-0.2, -0.15) is 0 Å². The number of aliphatic hydroxyl groups is 1. The first-order valence-corrected chi connectivity index (χ1v) is 8.62. The van der Waals surface area contributed by atoms with Crippen molar-refractivity contribution in [2.75, 3.05) is 6.61 Å². The maximum atomic E-state index is 12.9. The molecule has 5 rings (SSSR count). The molecule has 5 heteroatoms. The van der Waals surface area contributed by atoms with Crippen LogP contribution in [-0.2, 0) is 19.1 Å². The van der Waals surface area contributed by atoms with Crippen molar-refractivity contribution in [1.82, 2.24) is 0 Å². The van der Waals surface area contributed by atoms with E-state index >= 15 is 0 Å². The van der Waals surface area contributed by atoms with E-state index in [0.29, 0.717) is 25.4 Å². The van der Waals surface area contributed by atoms with Crippen molar-refractivity contribution in [3.8, 4) is 0 Å². The van der Waals surface area contributed by atoms with E-state index in [0.717, 1.165) is 25.7 Å². The molecule has 0 radical (unpaired) electrons. The molecule has 5 fully saturated rings. The molecule has 0 aromatic rings. The van der Waals surface area contributed by atoms with Crippen LogP contribution in [0.5, 0.6) is 0 Å². The van der Waals surface area contributed by atoms with E-state index < -0.39 is 11.2 Å². The minimum absolute atomic E-state index is 0.129. The highest BCUT2D eigenvalue weighted by Crippen LogP contribution is 2.83. The first kappa shape index (κ1) is 13.3. The number of esters is 2. The Kier molecular flexibility index (Phi) is 2.24. The molecule has 1 spiro atoms. The summed E-state index contributed by atoms with van der Waals surface area (Å²) in [6, 6.07) is 0. The van der Waals surface area contributed by atoms with E-state index in [2.05, 4.69) is 0 Å². The Balaban J connectivity index is 1.72. The highest BCUT2D eigenvalue weighted by atomic mass is 16.7. The van der Waals surface area contributed by atoms with E-state index in [1.165, 1.54) is 0 Å². The zero-order valence-corrected chi connectivity index (χ0v) is 12.8. The molecule has 5 aliphatic rings. The van der Waals surface area contributed by atoms with Gasteiger partial charge in [0.2, 0.25) is 5.79 Å². The molecule has 4 saturated carbocycles. The largest absolute Gasteiger partial charge is 0.466 e. The fraction of sp³-hybridized carbons (Fsp3) is 0.882. The minimum atomic E-state index is -1.33. The van der Waals surface area contributed by atoms with Crippen molar-refractivity contribution < 1.29 is 24.2 Å². The van der Waals surface area contributed by atoms with Crippen LogP contribution in [0, 0.1) is 34.5 Å². The maximum Gasteiger partial charge on any atom is 0.312 e. The number of carbonyl (C=O) groups excluding carboxylic acids is 2. The van der Waals surface area contributed by atoms with Crippen LogP contribution < -0.4 is 0 Å². The van der Waals surface area contributed by atoms with Crippen LogP contribution in [0.1, 0.15) is 45.4 Å². The van der Waals surface area contributed by atoms with Gasteiger partial charge in [-0.05, 0) is 50.9 Å². The van der Waals surface area contributed by atoms with Crippen molar-refractivity contribution in [3.63, 3.8) is 0 Å². The molecule has 1 N–H and O–H groups in total. The van der Waals surface area contributed by atoms with Crippen LogP contribution in [0.4, 0.5) is 0 Å². The molecule has 7 atom stereocenters. The molecule has 120 valence electrons. The molecule has 1 saturated heterocycles. The van der Waals surface area contributed by atoms with E-state index in [-0.39, 0.29) is 35.1 Å². The molecule has 0 unspecified atom stereocenters. The topological polar surface area (TPSA) is 72.8 Å². The van der Waals surface area contributed by atoms with Crippen LogP contribution in [0.3, 0.4) is 0 Å². The number of hydrogen-bond acceptors (Lipinski definition) is 5. The van der Waals surface area contributed by atoms with Crippen LogP contribution in [0.25, 0.3) is 0 Å². The van der Waals surface area contributed by atoms with Gasteiger partial charge in [0.15, 0.2) is 0 Å². The van der Waals surface area contributed by atoms with E-state index in [1.54, 1.807) is 0 Å². The van der Waals surface area contributed by atoms with E-state index in [4.69, 9.17) is 9.47 Å². The van der Waals surface area contributed by atoms with Gasteiger partial charge < -0.3 is 14.6 Å². The summed E-state index contributed by atoms with van der Waals surface area (Å²) in [4.78, 5) is 25.2.